The van der Waals surface area contributed by atoms with E-state index in [4.69, 9.17) is 0 Å². The minimum absolute atomic E-state index is 0.150. The number of carbonyl (C=O) groups is 1. The van der Waals surface area contributed by atoms with Gasteiger partial charge in [-0.1, -0.05) is 28.1 Å². The Balaban J connectivity index is 2.01. The average Bonchev–Trinajstić information content (AvgIpc) is 2.80. The van der Waals surface area contributed by atoms with Crippen molar-refractivity contribution in [2.24, 2.45) is 0 Å². The Morgan fingerprint density at radius 3 is 2.58 bits per heavy atom. The van der Waals surface area contributed by atoms with Crippen LogP contribution in [0.3, 0.4) is 0 Å². The molecule has 100 valence electrons. The molecule has 0 fully saturated rings. The second-order valence-corrected chi connectivity index (χ2v) is 5.65. The van der Waals surface area contributed by atoms with E-state index in [0.29, 0.717) is 12.8 Å². The van der Waals surface area contributed by atoms with Crippen LogP contribution in [0.25, 0.3) is 0 Å². The van der Waals surface area contributed by atoms with E-state index in [-0.39, 0.29) is 11.8 Å². The van der Waals surface area contributed by atoms with E-state index in [9.17, 15) is 4.79 Å². The summed E-state index contributed by atoms with van der Waals surface area (Å²) in [5.41, 5.74) is 1.02. The van der Waals surface area contributed by atoms with Crippen molar-refractivity contribution in [2.75, 3.05) is 0 Å². The van der Waals surface area contributed by atoms with E-state index >= 15 is 0 Å². The number of hydrogen-bond donors (Lipinski definition) is 0. The summed E-state index contributed by atoms with van der Waals surface area (Å²) in [5, 5.41) is 4.13. The van der Waals surface area contributed by atoms with Gasteiger partial charge in [-0.25, -0.2) is 9.67 Å². The number of aromatic nitrogens is 3. The number of rotatable bonds is 5. The molecule has 4 nitrogen and oxygen atoms in total. The van der Waals surface area contributed by atoms with Crippen molar-refractivity contribution in [1.82, 2.24) is 14.8 Å². The zero-order chi connectivity index (χ0) is 13.8. The van der Waals surface area contributed by atoms with Crippen molar-refractivity contribution in [2.45, 2.75) is 32.7 Å². The van der Waals surface area contributed by atoms with Gasteiger partial charge in [0.2, 0.25) is 0 Å². The lowest BCUT2D eigenvalue weighted by Gasteiger charge is -2.08. The van der Waals surface area contributed by atoms with Crippen LogP contribution in [-0.4, -0.2) is 20.5 Å². The highest BCUT2D eigenvalue weighted by atomic mass is 79.9. The summed E-state index contributed by atoms with van der Waals surface area (Å²) < 4.78 is 2.81. The Kier molecular flexibility index (Phi) is 4.47. The molecule has 0 amide bonds. The Morgan fingerprint density at radius 2 is 1.95 bits per heavy atom. The first-order valence-electron chi connectivity index (χ1n) is 6.21. The zero-order valence-electron chi connectivity index (χ0n) is 11.0. The Morgan fingerprint density at radius 1 is 1.26 bits per heavy atom. The van der Waals surface area contributed by atoms with Crippen LogP contribution in [0, 0.1) is 0 Å². The number of hydrogen-bond acceptors (Lipinski definition) is 3. The third-order valence-electron chi connectivity index (χ3n) is 2.81. The molecule has 0 bridgehead atoms. The predicted octanol–water partition coefficient (Wildman–Crippen LogP) is 2.98. The average molecular weight is 322 g/mol. The van der Waals surface area contributed by atoms with E-state index in [1.165, 1.54) is 6.33 Å². The molecule has 1 aromatic heterocycles. The summed E-state index contributed by atoms with van der Waals surface area (Å²) >= 11 is 3.38. The van der Waals surface area contributed by atoms with Crippen LogP contribution in [0.5, 0.6) is 0 Å². The first kappa shape index (κ1) is 13.9. The molecule has 19 heavy (non-hydrogen) atoms. The molecule has 0 spiro atoms. The highest BCUT2D eigenvalue weighted by molar-refractivity contribution is 9.10. The third kappa shape index (κ3) is 3.73. The topological polar surface area (TPSA) is 47.8 Å². The normalized spacial score (nSPS) is 10.9. The maximum absolute atomic E-state index is 12.0. The van der Waals surface area contributed by atoms with Gasteiger partial charge in [-0.2, -0.15) is 5.10 Å². The second-order valence-electron chi connectivity index (χ2n) is 4.73. The molecule has 5 heteroatoms. The van der Waals surface area contributed by atoms with Crippen LogP contribution < -0.4 is 0 Å². The van der Waals surface area contributed by atoms with E-state index in [1.54, 1.807) is 4.68 Å². The summed E-state index contributed by atoms with van der Waals surface area (Å²) in [7, 11) is 0. The first-order chi connectivity index (χ1) is 9.06. The maximum Gasteiger partial charge on any atom is 0.144 e. The molecule has 2 aromatic rings. The quantitative estimate of drug-likeness (QED) is 0.850. The highest BCUT2D eigenvalue weighted by Crippen LogP contribution is 2.12. The molecular formula is C14H16BrN3O. The van der Waals surface area contributed by atoms with Crippen LogP contribution in [0.2, 0.25) is 0 Å². The number of halogens is 1. The van der Waals surface area contributed by atoms with Crippen molar-refractivity contribution >= 4 is 21.7 Å². The van der Waals surface area contributed by atoms with Crippen LogP contribution in [0.1, 0.15) is 31.3 Å². The molecule has 0 aliphatic rings. The van der Waals surface area contributed by atoms with Crippen LogP contribution in [-0.2, 0) is 17.6 Å². The van der Waals surface area contributed by atoms with Gasteiger partial charge < -0.3 is 0 Å². The Bertz CT molecular complexity index is 560. The Hall–Kier alpha value is -1.49. The summed E-state index contributed by atoms with van der Waals surface area (Å²) in [6.45, 7) is 4.05. The van der Waals surface area contributed by atoms with E-state index in [0.717, 1.165) is 15.9 Å². The molecule has 0 N–H and O–H groups in total. The highest BCUT2D eigenvalue weighted by Gasteiger charge is 2.12. The molecule has 1 heterocycles. The van der Waals surface area contributed by atoms with E-state index in [2.05, 4.69) is 26.0 Å². The third-order valence-corrected chi connectivity index (χ3v) is 3.33. The molecule has 0 saturated carbocycles. The van der Waals surface area contributed by atoms with Gasteiger partial charge in [0.15, 0.2) is 0 Å². The zero-order valence-corrected chi connectivity index (χ0v) is 12.6. The molecule has 2 rings (SSSR count). The summed E-state index contributed by atoms with van der Waals surface area (Å²) in [6.07, 6.45) is 2.26. The fraction of sp³-hybridized carbons (Fsp3) is 0.357. The van der Waals surface area contributed by atoms with Crippen molar-refractivity contribution in [3.63, 3.8) is 0 Å². The fourth-order valence-electron chi connectivity index (χ4n) is 1.90. The van der Waals surface area contributed by atoms with Gasteiger partial charge in [0.25, 0.3) is 0 Å². The molecule has 0 aliphatic heterocycles. The number of nitrogens with zero attached hydrogens (tertiary/aromatic N) is 3. The molecule has 0 atom stereocenters. The minimum Gasteiger partial charge on any atom is -0.299 e. The van der Waals surface area contributed by atoms with Gasteiger partial charge in [-0.15, -0.1) is 0 Å². The van der Waals surface area contributed by atoms with E-state index in [1.807, 2.05) is 38.1 Å². The summed E-state index contributed by atoms with van der Waals surface area (Å²) in [5.74, 6) is 0.884. The molecule has 0 aliphatic carbocycles. The van der Waals surface area contributed by atoms with Gasteiger partial charge in [0.1, 0.15) is 17.9 Å². The number of benzene rings is 1. The number of carbonyl (C=O) groups excluding carboxylic acids is 1. The number of Topliss-reactive ketones (excluding diaryl/α,β-unsaturated/α-hetero) is 1. The fourth-order valence-corrected chi connectivity index (χ4v) is 2.17. The molecule has 0 saturated heterocycles. The molecule has 0 unspecified atom stereocenters. The summed E-state index contributed by atoms with van der Waals surface area (Å²) in [4.78, 5) is 16.2. The number of ketones is 1. The van der Waals surface area contributed by atoms with E-state index < -0.39 is 0 Å². The second kappa shape index (κ2) is 6.10. The lowest BCUT2D eigenvalue weighted by molar-refractivity contribution is -0.117. The van der Waals surface area contributed by atoms with Crippen molar-refractivity contribution < 1.29 is 4.79 Å². The summed E-state index contributed by atoms with van der Waals surface area (Å²) in [6, 6.07) is 8.01. The predicted molar refractivity (Wildman–Crippen MR) is 77.0 cm³/mol. The lowest BCUT2D eigenvalue weighted by Crippen LogP contribution is -2.14. The first-order valence-corrected chi connectivity index (χ1v) is 7.00. The van der Waals surface area contributed by atoms with Crippen molar-refractivity contribution in [3.8, 4) is 0 Å². The Labute approximate surface area is 121 Å². The van der Waals surface area contributed by atoms with Crippen LogP contribution in [0.4, 0.5) is 0 Å². The van der Waals surface area contributed by atoms with Crippen LogP contribution >= 0.6 is 15.9 Å². The molecule has 0 radical (unpaired) electrons. The van der Waals surface area contributed by atoms with Crippen molar-refractivity contribution in [1.29, 1.82) is 0 Å². The monoisotopic (exact) mass is 321 g/mol. The standard InChI is InChI=1S/C14H16BrN3O/c1-10(2)18-14(16-9-17-18)8-13(19)7-11-3-5-12(15)6-4-11/h3-6,9-10H,7-8H2,1-2H3. The van der Waals surface area contributed by atoms with Gasteiger partial charge in [-0.05, 0) is 31.5 Å². The SMILES string of the molecule is CC(C)n1ncnc1CC(=O)Cc1ccc(Br)cc1. The van der Waals surface area contributed by atoms with Crippen molar-refractivity contribution in [3.05, 3.63) is 46.5 Å². The van der Waals surface area contributed by atoms with Crippen LogP contribution in [0.15, 0.2) is 35.1 Å². The largest absolute Gasteiger partial charge is 0.299 e. The van der Waals surface area contributed by atoms with Gasteiger partial charge in [0.05, 0.1) is 6.42 Å². The van der Waals surface area contributed by atoms with Gasteiger partial charge >= 0.3 is 0 Å². The minimum atomic E-state index is 0.150. The smallest absolute Gasteiger partial charge is 0.144 e. The lowest BCUT2D eigenvalue weighted by atomic mass is 10.1. The molecular weight excluding hydrogens is 306 g/mol. The maximum atomic E-state index is 12.0. The molecule has 1 aromatic carbocycles. The van der Waals surface area contributed by atoms with Gasteiger partial charge in [-0.3, -0.25) is 4.79 Å². The van der Waals surface area contributed by atoms with Gasteiger partial charge in [0, 0.05) is 16.9 Å².